The molecular formula is C22H20F5N7O. The fourth-order valence-corrected chi connectivity index (χ4v) is 4.26. The second kappa shape index (κ2) is 7.68. The summed E-state index contributed by atoms with van der Waals surface area (Å²) in [5, 5.41) is 6.31. The number of anilines is 3. The molecule has 0 saturated heterocycles. The van der Waals surface area contributed by atoms with Crippen molar-refractivity contribution in [2.45, 2.75) is 50.7 Å². The van der Waals surface area contributed by atoms with E-state index in [9.17, 15) is 26.7 Å². The van der Waals surface area contributed by atoms with Crippen LogP contribution in [0.25, 0.3) is 11.3 Å². The van der Waals surface area contributed by atoms with Crippen LogP contribution in [0.5, 0.6) is 0 Å². The SMILES string of the molecule is CC(=O)Nc1cc2c(cn1)C1(CC1)CN2c1cc(-c2cnn(CC(F)(F)F)c2)nc(C(C)(F)F)n1. The summed E-state index contributed by atoms with van der Waals surface area (Å²) in [6, 6.07) is 3.12. The lowest BCUT2D eigenvalue weighted by molar-refractivity contribution is -0.142. The second-order valence-corrected chi connectivity index (χ2v) is 9.00. The second-order valence-electron chi connectivity index (χ2n) is 9.00. The van der Waals surface area contributed by atoms with Crippen LogP contribution in [0.2, 0.25) is 0 Å². The third-order valence-electron chi connectivity index (χ3n) is 6.01. The maximum absolute atomic E-state index is 14.3. The largest absolute Gasteiger partial charge is 0.408 e. The number of carbonyl (C=O) groups excluding carboxylic acids is 1. The van der Waals surface area contributed by atoms with Crippen molar-refractivity contribution < 1.29 is 26.7 Å². The van der Waals surface area contributed by atoms with E-state index in [1.54, 1.807) is 17.2 Å². The highest BCUT2D eigenvalue weighted by molar-refractivity contribution is 5.89. The molecule has 1 amide bonds. The topological polar surface area (TPSA) is 88.8 Å². The van der Waals surface area contributed by atoms with E-state index in [0.29, 0.717) is 29.7 Å². The first-order chi connectivity index (χ1) is 16.3. The van der Waals surface area contributed by atoms with Gasteiger partial charge >= 0.3 is 12.1 Å². The fourth-order valence-electron chi connectivity index (χ4n) is 4.26. The highest BCUT2D eigenvalue weighted by Gasteiger charge is 2.53. The monoisotopic (exact) mass is 493 g/mol. The van der Waals surface area contributed by atoms with E-state index in [1.807, 2.05) is 0 Å². The molecule has 4 heterocycles. The molecule has 1 saturated carbocycles. The molecule has 1 aliphatic carbocycles. The number of aromatic nitrogens is 5. The van der Waals surface area contributed by atoms with Gasteiger partial charge in [-0.15, -0.1) is 0 Å². The van der Waals surface area contributed by atoms with Gasteiger partial charge in [-0.3, -0.25) is 9.48 Å². The quantitative estimate of drug-likeness (QED) is 0.525. The van der Waals surface area contributed by atoms with Gasteiger partial charge in [0.1, 0.15) is 18.2 Å². The number of nitrogens with one attached hydrogen (secondary N) is 1. The van der Waals surface area contributed by atoms with Crippen molar-refractivity contribution in [2.75, 3.05) is 16.8 Å². The van der Waals surface area contributed by atoms with E-state index in [2.05, 4.69) is 25.4 Å². The summed E-state index contributed by atoms with van der Waals surface area (Å²) >= 11 is 0. The molecule has 184 valence electrons. The van der Waals surface area contributed by atoms with Gasteiger partial charge in [0.05, 0.1) is 17.6 Å². The standard InChI is InChI=1S/C22H20F5N7O/c1-12(35)30-17-6-16-14(8-28-17)21(3-4-21)10-34(16)18-5-15(31-19(32-18)20(2,23)24)13-7-29-33(9-13)11-22(25,26)27/h5-9H,3-4,10-11H2,1-2H3,(H,28,30,35). The number of alkyl halides is 5. The zero-order valence-corrected chi connectivity index (χ0v) is 18.7. The number of amides is 1. The van der Waals surface area contributed by atoms with E-state index in [4.69, 9.17) is 0 Å². The summed E-state index contributed by atoms with van der Waals surface area (Å²) in [5.74, 6) is -3.99. The van der Waals surface area contributed by atoms with Crippen LogP contribution < -0.4 is 10.2 Å². The lowest BCUT2D eigenvalue weighted by atomic mass is 10.0. The smallest absolute Gasteiger partial charge is 0.325 e. The van der Waals surface area contributed by atoms with Gasteiger partial charge in [-0.2, -0.15) is 27.1 Å². The molecular weight excluding hydrogens is 473 g/mol. The molecule has 8 nitrogen and oxygen atoms in total. The van der Waals surface area contributed by atoms with Crippen LogP contribution in [0.4, 0.5) is 39.3 Å². The van der Waals surface area contributed by atoms with Crippen LogP contribution in [0.1, 0.15) is 38.1 Å². The minimum atomic E-state index is -4.49. The van der Waals surface area contributed by atoms with Crippen molar-refractivity contribution in [3.8, 4) is 11.3 Å². The van der Waals surface area contributed by atoms with E-state index < -0.39 is 24.5 Å². The van der Waals surface area contributed by atoms with Crippen LogP contribution in [0.3, 0.4) is 0 Å². The molecule has 2 aliphatic rings. The number of hydrogen-bond donors (Lipinski definition) is 1. The third kappa shape index (κ3) is 4.54. The first-order valence-corrected chi connectivity index (χ1v) is 10.8. The molecule has 0 aromatic carbocycles. The van der Waals surface area contributed by atoms with Gasteiger partial charge in [-0.05, 0) is 12.8 Å². The maximum Gasteiger partial charge on any atom is 0.408 e. The van der Waals surface area contributed by atoms with Crippen molar-refractivity contribution in [2.24, 2.45) is 0 Å². The van der Waals surface area contributed by atoms with E-state index >= 15 is 0 Å². The molecule has 0 bridgehead atoms. The predicted octanol–water partition coefficient (Wildman–Crippen LogP) is 4.55. The Morgan fingerprint density at radius 3 is 2.51 bits per heavy atom. The number of rotatable bonds is 5. The summed E-state index contributed by atoms with van der Waals surface area (Å²) in [6.45, 7) is 1.15. The lowest BCUT2D eigenvalue weighted by Gasteiger charge is -2.21. The Morgan fingerprint density at radius 2 is 1.89 bits per heavy atom. The Kier molecular flexibility index (Phi) is 5.08. The summed E-state index contributed by atoms with van der Waals surface area (Å²) in [7, 11) is 0. The number of pyridine rings is 1. The van der Waals surface area contributed by atoms with Crippen LogP contribution in [-0.2, 0) is 22.7 Å². The molecule has 1 aliphatic heterocycles. The lowest BCUT2D eigenvalue weighted by Crippen LogP contribution is -2.22. The first-order valence-electron chi connectivity index (χ1n) is 10.8. The Hall–Kier alpha value is -3.64. The van der Waals surface area contributed by atoms with E-state index in [0.717, 1.165) is 30.8 Å². The van der Waals surface area contributed by atoms with Gasteiger partial charge in [0, 0.05) is 61.5 Å². The van der Waals surface area contributed by atoms with Crippen molar-refractivity contribution >= 4 is 23.2 Å². The number of nitrogens with zero attached hydrogens (tertiary/aromatic N) is 6. The van der Waals surface area contributed by atoms with Gasteiger partial charge in [0.25, 0.3) is 0 Å². The van der Waals surface area contributed by atoms with Gasteiger partial charge in [0.15, 0.2) is 0 Å². The fraction of sp³-hybridized carbons (Fsp3) is 0.409. The van der Waals surface area contributed by atoms with Crippen LogP contribution in [0, 0.1) is 0 Å². The third-order valence-corrected chi connectivity index (χ3v) is 6.01. The van der Waals surface area contributed by atoms with Crippen LogP contribution in [0.15, 0.2) is 30.7 Å². The van der Waals surface area contributed by atoms with Crippen LogP contribution >= 0.6 is 0 Å². The normalized spacial score (nSPS) is 16.5. The Bertz CT molecular complexity index is 1310. The van der Waals surface area contributed by atoms with Crippen molar-refractivity contribution in [1.82, 2.24) is 24.7 Å². The number of hydrogen-bond acceptors (Lipinski definition) is 6. The molecule has 35 heavy (non-hydrogen) atoms. The van der Waals surface area contributed by atoms with Crippen molar-refractivity contribution in [1.29, 1.82) is 0 Å². The van der Waals surface area contributed by atoms with Crippen LogP contribution in [-0.4, -0.2) is 43.4 Å². The van der Waals surface area contributed by atoms with Gasteiger partial charge in [0.2, 0.25) is 11.7 Å². The van der Waals surface area contributed by atoms with E-state index in [1.165, 1.54) is 13.0 Å². The zero-order valence-electron chi connectivity index (χ0n) is 18.7. The average Bonchev–Trinajstić information content (AvgIpc) is 3.26. The molecule has 1 fully saturated rings. The highest BCUT2D eigenvalue weighted by Crippen LogP contribution is 2.58. The Balaban J connectivity index is 1.59. The van der Waals surface area contributed by atoms with Gasteiger partial charge in [-0.25, -0.2) is 15.0 Å². The van der Waals surface area contributed by atoms with Gasteiger partial charge < -0.3 is 10.2 Å². The Morgan fingerprint density at radius 1 is 1.14 bits per heavy atom. The van der Waals surface area contributed by atoms with Crippen molar-refractivity contribution in [3.05, 3.63) is 42.1 Å². The maximum atomic E-state index is 14.3. The molecule has 3 aromatic heterocycles. The average molecular weight is 493 g/mol. The summed E-state index contributed by atoms with van der Waals surface area (Å²) in [6.07, 6.45) is 1.21. The molecule has 3 aromatic rings. The predicted molar refractivity (Wildman–Crippen MR) is 115 cm³/mol. The Labute approximate surface area is 196 Å². The number of halogens is 5. The molecule has 13 heteroatoms. The minimum Gasteiger partial charge on any atom is -0.325 e. The molecule has 0 unspecified atom stereocenters. The highest BCUT2D eigenvalue weighted by atomic mass is 19.4. The molecule has 1 N–H and O–H groups in total. The molecule has 1 spiro atoms. The zero-order chi connectivity index (χ0) is 25.2. The summed E-state index contributed by atoms with van der Waals surface area (Å²) < 4.78 is 67.6. The minimum absolute atomic E-state index is 0.0226. The number of carbonyl (C=O) groups is 1. The van der Waals surface area contributed by atoms with Crippen molar-refractivity contribution in [3.63, 3.8) is 0 Å². The number of fused-ring (bicyclic) bond motifs is 2. The summed E-state index contributed by atoms with van der Waals surface area (Å²) in [4.78, 5) is 25.6. The first kappa shape index (κ1) is 23.1. The van der Waals surface area contributed by atoms with E-state index in [-0.39, 0.29) is 28.4 Å². The summed E-state index contributed by atoms with van der Waals surface area (Å²) in [5.41, 5.74) is 1.58. The van der Waals surface area contributed by atoms with Gasteiger partial charge in [-0.1, -0.05) is 0 Å². The molecule has 0 atom stereocenters. The molecule has 5 rings (SSSR count). The molecule has 0 radical (unpaired) electrons.